The third-order valence-electron chi connectivity index (χ3n) is 5.01. The lowest BCUT2D eigenvalue weighted by Gasteiger charge is -2.15. The summed E-state index contributed by atoms with van der Waals surface area (Å²) in [4.78, 5) is 0. The van der Waals surface area contributed by atoms with Crippen molar-refractivity contribution in [2.45, 2.75) is 46.4 Å². The highest BCUT2D eigenvalue weighted by atomic mass is 14.9. The van der Waals surface area contributed by atoms with Crippen LogP contribution in [0.2, 0.25) is 0 Å². The fraction of sp³-hybridized carbons (Fsp3) is 0.259. The van der Waals surface area contributed by atoms with Gasteiger partial charge in [-0.05, 0) is 71.8 Å². The number of rotatable bonds is 7. The first-order valence-corrected chi connectivity index (χ1v) is 10.2. The molecule has 0 saturated carbocycles. The molecular formula is C27H32N2. The molecule has 3 aromatic rings. The smallest absolute Gasteiger partial charge is 0.0573 e. The molecule has 0 aliphatic rings. The second-order valence-electron chi connectivity index (χ2n) is 7.96. The lowest BCUT2D eigenvalue weighted by molar-refractivity contribution is 0.867. The quantitative estimate of drug-likeness (QED) is 0.425. The SMILES string of the molecule is [2H]C/C([2H])=C/c1ccc(C(C)C)cc1Nc1cccc(Nc2ccc(C(C)C)cc2)c1. The highest BCUT2D eigenvalue weighted by molar-refractivity contribution is 5.75. The molecule has 0 radical (unpaired) electrons. The van der Waals surface area contributed by atoms with Crippen LogP contribution in [0.15, 0.2) is 72.8 Å². The number of hydrogen-bond donors (Lipinski definition) is 2. The van der Waals surface area contributed by atoms with Crippen molar-refractivity contribution in [1.82, 2.24) is 0 Å². The van der Waals surface area contributed by atoms with Gasteiger partial charge in [-0.15, -0.1) is 0 Å². The van der Waals surface area contributed by atoms with Gasteiger partial charge in [-0.1, -0.05) is 70.2 Å². The number of anilines is 4. The Labute approximate surface area is 178 Å². The summed E-state index contributed by atoms with van der Waals surface area (Å²) in [6.07, 6.45) is 1.76. The minimum atomic E-state index is -0.0274. The van der Waals surface area contributed by atoms with Crippen LogP contribution in [0.25, 0.3) is 6.08 Å². The van der Waals surface area contributed by atoms with Crippen LogP contribution in [0, 0.1) is 0 Å². The van der Waals surface area contributed by atoms with Gasteiger partial charge in [0.1, 0.15) is 0 Å². The van der Waals surface area contributed by atoms with Gasteiger partial charge >= 0.3 is 0 Å². The van der Waals surface area contributed by atoms with Crippen molar-refractivity contribution in [3.63, 3.8) is 0 Å². The Kier molecular flexibility index (Phi) is 5.89. The summed E-state index contributed by atoms with van der Waals surface area (Å²) >= 11 is 0. The molecule has 0 saturated heterocycles. The molecule has 0 aromatic heterocycles. The van der Waals surface area contributed by atoms with Crippen LogP contribution in [0.5, 0.6) is 0 Å². The van der Waals surface area contributed by atoms with Gasteiger partial charge in [0, 0.05) is 24.1 Å². The third kappa shape index (κ3) is 5.51. The van der Waals surface area contributed by atoms with Crippen LogP contribution in [0.1, 0.15) is 65.9 Å². The Morgan fingerprint density at radius 2 is 1.41 bits per heavy atom. The molecule has 0 heterocycles. The van der Waals surface area contributed by atoms with Crippen molar-refractivity contribution in [2.75, 3.05) is 10.6 Å². The van der Waals surface area contributed by atoms with Crippen LogP contribution < -0.4 is 10.6 Å². The van der Waals surface area contributed by atoms with E-state index in [2.05, 4.69) is 86.9 Å². The normalized spacial score (nSPS) is 12.7. The van der Waals surface area contributed by atoms with Crippen molar-refractivity contribution in [1.29, 1.82) is 0 Å². The van der Waals surface area contributed by atoms with E-state index in [1.165, 1.54) is 11.1 Å². The maximum absolute atomic E-state index is 7.91. The van der Waals surface area contributed by atoms with E-state index in [4.69, 9.17) is 2.74 Å². The molecular weight excluding hydrogens is 352 g/mol. The van der Waals surface area contributed by atoms with Crippen molar-refractivity contribution < 1.29 is 2.74 Å². The maximum atomic E-state index is 7.91. The molecule has 0 spiro atoms. The molecule has 0 fully saturated rings. The molecule has 2 nitrogen and oxygen atoms in total. The van der Waals surface area contributed by atoms with E-state index in [1.807, 2.05) is 18.2 Å². The Bertz CT molecular complexity index is 1040. The molecule has 0 amide bonds. The van der Waals surface area contributed by atoms with Crippen LogP contribution >= 0.6 is 0 Å². The highest BCUT2D eigenvalue weighted by Crippen LogP contribution is 2.29. The first kappa shape index (κ1) is 18.1. The fourth-order valence-electron chi connectivity index (χ4n) is 3.23. The molecule has 0 bridgehead atoms. The van der Waals surface area contributed by atoms with Crippen LogP contribution in [0.3, 0.4) is 0 Å². The van der Waals surface area contributed by atoms with Gasteiger partial charge in [-0.3, -0.25) is 0 Å². The number of benzene rings is 3. The van der Waals surface area contributed by atoms with E-state index in [0.29, 0.717) is 17.9 Å². The predicted octanol–water partition coefficient (Wildman–Crippen LogP) is 8.45. The van der Waals surface area contributed by atoms with Gasteiger partial charge in [0.25, 0.3) is 0 Å². The number of hydrogen-bond acceptors (Lipinski definition) is 2. The Hall–Kier alpha value is -3.00. The van der Waals surface area contributed by atoms with E-state index in [0.717, 1.165) is 28.3 Å². The zero-order valence-electron chi connectivity index (χ0n) is 19.8. The van der Waals surface area contributed by atoms with Gasteiger partial charge in [0.2, 0.25) is 0 Å². The van der Waals surface area contributed by atoms with Crippen LogP contribution in [-0.4, -0.2) is 0 Å². The van der Waals surface area contributed by atoms with E-state index in [-0.39, 0.29) is 6.90 Å². The topological polar surface area (TPSA) is 24.1 Å². The fourth-order valence-corrected chi connectivity index (χ4v) is 3.23. The summed E-state index contributed by atoms with van der Waals surface area (Å²) in [7, 11) is 0. The maximum Gasteiger partial charge on any atom is 0.0573 e. The van der Waals surface area contributed by atoms with Gasteiger partial charge in [-0.25, -0.2) is 0 Å². The number of allylic oxidation sites excluding steroid dienone is 1. The first-order chi connectivity index (χ1) is 14.9. The van der Waals surface area contributed by atoms with Crippen molar-refractivity contribution >= 4 is 28.8 Å². The second kappa shape index (κ2) is 9.47. The Morgan fingerprint density at radius 3 is 2.07 bits per heavy atom. The largest absolute Gasteiger partial charge is 0.355 e. The molecule has 2 N–H and O–H groups in total. The lowest BCUT2D eigenvalue weighted by Crippen LogP contribution is -1.97. The summed E-state index contributed by atoms with van der Waals surface area (Å²) in [6, 6.07) is 23.3. The Balaban J connectivity index is 1.85. The van der Waals surface area contributed by atoms with Crippen molar-refractivity contribution in [3.05, 3.63) is 89.5 Å². The minimum Gasteiger partial charge on any atom is -0.355 e. The van der Waals surface area contributed by atoms with Gasteiger partial charge in [0.05, 0.1) is 1.37 Å². The molecule has 0 aliphatic heterocycles. The molecule has 3 aromatic carbocycles. The highest BCUT2D eigenvalue weighted by Gasteiger charge is 2.06. The van der Waals surface area contributed by atoms with E-state index >= 15 is 0 Å². The van der Waals surface area contributed by atoms with Crippen molar-refractivity contribution in [2.24, 2.45) is 0 Å². The van der Waals surface area contributed by atoms with Crippen LogP contribution in [-0.2, 0) is 0 Å². The summed E-state index contributed by atoms with van der Waals surface area (Å²) in [6.45, 7) is 8.71. The molecule has 150 valence electrons. The Morgan fingerprint density at radius 1 is 0.759 bits per heavy atom. The average Bonchev–Trinajstić information content (AvgIpc) is 2.75. The van der Waals surface area contributed by atoms with Gasteiger partial charge in [0.15, 0.2) is 0 Å². The molecule has 3 rings (SSSR count). The van der Waals surface area contributed by atoms with Crippen LogP contribution in [0.4, 0.5) is 22.7 Å². The lowest BCUT2D eigenvalue weighted by atomic mass is 10.00. The summed E-state index contributed by atoms with van der Waals surface area (Å²) in [5.41, 5.74) is 7.46. The number of nitrogens with one attached hydrogen (secondary N) is 2. The summed E-state index contributed by atoms with van der Waals surface area (Å²) in [5.74, 6) is 0.928. The molecule has 29 heavy (non-hydrogen) atoms. The van der Waals surface area contributed by atoms with Gasteiger partial charge < -0.3 is 10.6 Å². The zero-order valence-corrected chi connectivity index (χ0v) is 17.8. The molecule has 0 unspecified atom stereocenters. The van der Waals surface area contributed by atoms with E-state index in [9.17, 15) is 0 Å². The van der Waals surface area contributed by atoms with Gasteiger partial charge in [-0.2, -0.15) is 0 Å². The second-order valence-corrected chi connectivity index (χ2v) is 7.96. The summed E-state index contributed by atoms with van der Waals surface area (Å²) < 4.78 is 15.4. The summed E-state index contributed by atoms with van der Waals surface area (Å²) in [5, 5.41) is 6.99. The first-order valence-electron chi connectivity index (χ1n) is 11.4. The monoisotopic (exact) mass is 386 g/mol. The van der Waals surface area contributed by atoms with E-state index < -0.39 is 0 Å². The standard InChI is InChI=1S/C27H32N2/c1-6-8-22-11-12-23(20(4)5)17-27(22)29-26-10-7-9-25(18-26)28-24-15-13-21(14-16-24)19(2)3/h6-20,28-29H,1-5H3/b8-6+/i1D,6D. The molecule has 0 aliphatic carbocycles. The molecule has 0 atom stereocenters. The average molecular weight is 387 g/mol. The van der Waals surface area contributed by atoms with E-state index in [1.54, 1.807) is 6.08 Å². The minimum absolute atomic E-state index is 0.0274. The zero-order chi connectivity index (χ0) is 22.4. The van der Waals surface area contributed by atoms with Crippen molar-refractivity contribution in [3.8, 4) is 0 Å². The molecule has 2 heteroatoms. The predicted molar refractivity (Wildman–Crippen MR) is 129 cm³/mol. The third-order valence-corrected chi connectivity index (χ3v) is 5.01.